The summed E-state index contributed by atoms with van der Waals surface area (Å²) in [7, 11) is 2.09. The van der Waals surface area contributed by atoms with Crippen molar-refractivity contribution in [1.82, 2.24) is 14.9 Å². The molecular formula is C22H22F3N5O3. The Morgan fingerprint density at radius 3 is 2.45 bits per heavy atom. The van der Waals surface area contributed by atoms with E-state index in [4.69, 9.17) is 4.74 Å². The van der Waals surface area contributed by atoms with Crippen molar-refractivity contribution < 1.29 is 27.4 Å². The van der Waals surface area contributed by atoms with Crippen LogP contribution in [-0.2, 0) is 4.79 Å². The van der Waals surface area contributed by atoms with Gasteiger partial charge in [-0.3, -0.25) is 4.79 Å². The smallest absolute Gasteiger partial charge is 0.484 e. The average molecular weight is 461 g/mol. The number of ether oxygens (including phenoxy) is 2. The quantitative estimate of drug-likeness (QED) is 0.604. The molecule has 1 aliphatic rings. The molecule has 0 bridgehead atoms. The van der Waals surface area contributed by atoms with E-state index in [1.54, 1.807) is 18.3 Å². The molecule has 0 saturated carbocycles. The van der Waals surface area contributed by atoms with Crippen molar-refractivity contribution >= 4 is 28.4 Å². The molecule has 33 heavy (non-hydrogen) atoms. The van der Waals surface area contributed by atoms with Crippen LogP contribution in [0.1, 0.15) is 0 Å². The normalized spacial score (nSPS) is 14.8. The molecule has 2 heterocycles. The number of benzene rings is 2. The molecule has 0 aliphatic carbocycles. The van der Waals surface area contributed by atoms with Gasteiger partial charge in [0.2, 0.25) is 5.95 Å². The second-order valence-electron chi connectivity index (χ2n) is 7.59. The maximum absolute atomic E-state index is 12.2. The summed E-state index contributed by atoms with van der Waals surface area (Å²) in [6.07, 6.45) is -3.04. The highest BCUT2D eigenvalue weighted by Gasteiger charge is 2.31. The number of rotatable bonds is 6. The van der Waals surface area contributed by atoms with Gasteiger partial charge in [-0.2, -0.15) is 0 Å². The van der Waals surface area contributed by atoms with Gasteiger partial charge >= 0.3 is 6.36 Å². The van der Waals surface area contributed by atoms with Crippen LogP contribution in [0.15, 0.2) is 48.7 Å². The lowest BCUT2D eigenvalue weighted by Crippen LogP contribution is -2.45. The minimum Gasteiger partial charge on any atom is -0.484 e. The highest BCUT2D eigenvalue weighted by Crippen LogP contribution is 2.25. The first-order valence-corrected chi connectivity index (χ1v) is 10.2. The van der Waals surface area contributed by atoms with Crippen molar-refractivity contribution in [2.24, 2.45) is 0 Å². The largest absolute Gasteiger partial charge is 0.573 e. The van der Waals surface area contributed by atoms with E-state index in [-0.39, 0.29) is 18.1 Å². The minimum absolute atomic E-state index is 0.239. The molecule has 8 nitrogen and oxygen atoms in total. The number of fused-ring (bicyclic) bond motifs is 1. The number of aromatic nitrogens is 2. The maximum atomic E-state index is 12.2. The number of hydrogen-bond acceptors (Lipinski definition) is 7. The SMILES string of the molecule is CN1CCN(c2ncc3cc(NC(=O)COc4ccc(OC(F)(F)F)cc4)ccc3n2)CC1. The Morgan fingerprint density at radius 2 is 1.76 bits per heavy atom. The number of amides is 1. The Balaban J connectivity index is 1.32. The van der Waals surface area contributed by atoms with Gasteiger partial charge in [-0.25, -0.2) is 9.97 Å². The van der Waals surface area contributed by atoms with E-state index in [0.717, 1.165) is 49.2 Å². The third kappa shape index (κ3) is 6.22. The van der Waals surface area contributed by atoms with Gasteiger partial charge in [-0.1, -0.05) is 0 Å². The van der Waals surface area contributed by atoms with E-state index in [9.17, 15) is 18.0 Å². The molecule has 174 valence electrons. The monoisotopic (exact) mass is 461 g/mol. The molecule has 3 aromatic rings. The molecule has 1 amide bonds. The van der Waals surface area contributed by atoms with E-state index in [1.807, 2.05) is 6.07 Å². The number of nitrogens with zero attached hydrogens (tertiary/aromatic N) is 4. The number of piperazine rings is 1. The Hall–Kier alpha value is -3.60. The highest BCUT2D eigenvalue weighted by atomic mass is 19.4. The second-order valence-corrected chi connectivity index (χ2v) is 7.59. The first-order valence-electron chi connectivity index (χ1n) is 10.2. The molecule has 1 saturated heterocycles. The molecule has 0 spiro atoms. The summed E-state index contributed by atoms with van der Waals surface area (Å²) in [4.78, 5) is 25.7. The lowest BCUT2D eigenvalue weighted by molar-refractivity contribution is -0.274. The summed E-state index contributed by atoms with van der Waals surface area (Å²) in [5, 5.41) is 3.50. The number of carbonyl (C=O) groups is 1. The van der Waals surface area contributed by atoms with Gasteiger partial charge in [0, 0.05) is 43.4 Å². The van der Waals surface area contributed by atoms with Crippen LogP contribution in [0.25, 0.3) is 10.9 Å². The van der Waals surface area contributed by atoms with Crippen LogP contribution in [0.5, 0.6) is 11.5 Å². The van der Waals surface area contributed by atoms with Gasteiger partial charge in [0.05, 0.1) is 5.52 Å². The molecule has 11 heteroatoms. The number of alkyl halides is 3. The van der Waals surface area contributed by atoms with Crippen molar-refractivity contribution in [2.75, 3.05) is 50.1 Å². The zero-order chi connectivity index (χ0) is 23.4. The van der Waals surface area contributed by atoms with Gasteiger partial charge in [-0.05, 0) is 49.5 Å². The molecule has 0 atom stereocenters. The molecule has 1 fully saturated rings. The van der Waals surface area contributed by atoms with Crippen LogP contribution in [0.4, 0.5) is 24.8 Å². The first kappa shape index (κ1) is 22.6. The number of nitrogens with one attached hydrogen (secondary N) is 1. The van der Waals surface area contributed by atoms with Crippen LogP contribution in [0, 0.1) is 0 Å². The summed E-state index contributed by atoms with van der Waals surface area (Å²) in [5.74, 6) is 0.142. The molecule has 0 radical (unpaired) electrons. The predicted octanol–water partition coefficient (Wildman–Crippen LogP) is 3.30. The lowest BCUT2D eigenvalue weighted by atomic mass is 10.2. The number of anilines is 2. The number of likely N-dealkylation sites (N-methyl/N-ethyl adjacent to an activating group) is 1. The van der Waals surface area contributed by atoms with Gasteiger partial charge < -0.3 is 24.6 Å². The standard InChI is InChI=1S/C22H22F3N5O3/c1-29-8-10-30(11-9-29)21-26-13-15-12-16(2-7-19(15)28-21)27-20(31)14-32-17-3-5-18(6-4-17)33-22(23,24)25/h2-7,12-13H,8-11,14H2,1H3,(H,27,31). The fraction of sp³-hybridized carbons (Fsp3) is 0.318. The average Bonchev–Trinajstić information content (AvgIpc) is 2.78. The van der Waals surface area contributed by atoms with Crippen LogP contribution < -0.4 is 19.7 Å². The van der Waals surface area contributed by atoms with Gasteiger partial charge in [-0.15, -0.1) is 13.2 Å². The Morgan fingerprint density at radius 1 is 1.06 bits per heavy atom. The Kier molecular flexibility index (Phi) is 6.50. The van der Waals surface area contributed by atoms with Crippen molar-refractivity contribution in [3.63, 3.8) is 0 Å². The van der Waals surface area contributed by atoms with E-state index >= 15 is 0 Å². The topological polar surface area (TPSA) is 79.8 Å². The zero-order valence-electron chi connectivity index (χ0n) is 17.8. The highest BCUT2D eigenvalue weighted by molar-refractivity contribution is 5.94. The number of carbonyl (C=O) groups excluding carboxylic acids is 1. The van der Waals surface area contributed by atoms with Crippen LogP contribution >= 0.6 is 0 Å². The van der Waals surface area contributed by atoms with Gasteiger partial charge in [0.15, 0.2) is 6.61 Å². The fourth-order valence-electron chi connectivity index (χ4n) is 3.34. The number of hydrogen-bond donors (Lipinski definition) is 1. The van der Waals surface area contributed by atoms with Crippen molar-refractivity contribution in [3.8, 4) is 11.5 Å². The van der Waals surface area contributed by atoms with Crippen LogP contribution in [0.2, 0.25) is 0 Å². The summed E-state index contributed by atoms with van der Waals surface area (Å²) < 4.78 is 45.7. The molecule has 1 N–H and O–H groups in total. The summed E-state index contributed by atoms with van der Waals surface area (Å²) in [6, 6.07) is 10.1. The van der Waals surface area contributed by atoms with E-state index in [0.29, 0.717) is 11.6 Å². The number of halogens is 3. The molecule has 4 rings (SSSR count). The first-order chi connectivity index (χ1) is 15.7. The third-order valence-corrected chi connectivity index (χ3v) is 5.06. The Bertz CT molecular complexity index is 1120. The van der Waals surface area contributed by atoms with Crippen LogP contribution in [0.3, 0.4) is 0 Å². The molecule has 1 aromatic heterocycles. The van der Waals surface area contributed by atoms with Crippen molar-refractivity contribution in [1.29, 1.82) is 0 Å². The molecule has 1 aliphatic heterocycles. The van der Waals surface area contributed by atoms with E-state index < -0.39 is 12.3 Å². The van der Waals surface area contributed by atoms with Gasteiger partial charge in [0.1, 0.15) is 11.5 Å². The summed E-state index contributed by atoms with van der Waals surface area (Å²) in [6.45, 7) is 3.35. The Labute approximate surface area is 187 Å². The summed E-state index contributed by atoms with van der Waals surface area (Å²) >= 11 is 0. The van der Waals surface area contributed by atoms with E-state index in [1.165, 1.54) is 12.1 Å². The second kappa shape index (κ2) is 9.49. The van der Waals surface area contributed by atoms with Crippen molar-refractivity contribution in [3.05, 3.63) is 48.7 Å². The van der Waals surface area contributed by atoms with Crippen molar-refractivity contribution in [2.45, 2.75) is 6.36 Å². The van der Waals surface area contributed by atoms with Gasteiger partial charge in [0.25, 0.3) is 5.91 Å². The predicted molar refractivity (Wildman–Crippen MR) is 116 cm³/mol. The molecule has 2 aromatic carbocycles. The van der Waals surface area contributed by atoms with Crippen LogP contribution in [-0.4, -0.2) is 67.0 Å². The summed E-state index contributed by atoms with van der Waals surface area (Å²) in [5.41, 5.74) is 1.33. The minimum atomic E-state index is -4.76. The maximum Gasteiger partial charge on any atom is 0.573 e. The lowest BCUT2D eigenvalue weighted by Gasteiger charge is -2.32. The van der Waals surface area contributed by atoms with E-state index in [2.05, 4.69) is 36.9 Å². The fourth-order valence-corrected chi connectivity index (χ4v) is 3.34. The molecule has 0 unspecified atom stereocenters. The molecular weight excluding hydrogens is 439 g/mol. The zero-order valence-corrected chi connectivity index (χ0v) is 17.8. The third-order valence-electron chi connectivity index (χ3n) is 5.06.